The van der Waals surface area contributed by atoms with E-state index in [1.807, 2.05) is 13.8 Å². The maximum absolute atomic E-state index is 11.1. The van der Waals surface area contributed by atoms with Gasteiger partial charge >= 0.3 is 5.97 Å². The normalized spacial score (nSPS) is 14.8. The molecule has 74 valence electrons. The minimum atomic E-state index is -1.07. The first-order valence-electron chi connectivity index (χ1n) is 4.23. The van der Waals surface area contributed by atoms with Gasteiger partial charge in [-0.05, 0) is 12.8 Å². The van der Waals surface area contributed by atoms with Crippen molar-refractivity contribution in [1.29, 1.82) is 5.26 Å². The van der Waals surface area contributed by atoms with Gasteiger partial charge in [0.05, 0.1) is 18.8 Å². The number of ether oxygens (including phenoxy) is 1. The van der Waals surface area contributed by atoms with E-state index in [4.69, 9.17) is 15.1 Å². The van der Waals surface area contributed by atoms with Gasteiger partial charge in [-0.1, -0.05) is 13.8 Å². The van der Waals surface area contributed by atoms with Gasteiger partial charge in [0.1, 0.15) is 0 Å². The van der Waals surface area contributed by atoms with Crippen molar-refractivity contribution in [2.24, 2.45) is 11.8 Å². The molecule has 4 nitrogen and oxygen atoms in total. The van der Waals surface area contributed by atoms with E-state index in [-0.39, 0.29) is 12.5 Å². The molecule has 0 amide bonds. The van der Waals surface area contributed by atoms with Crippen LogP contribution in [0.4, 0.5) is 0 Å². The van der Waals surface area contributed by atoms with Gasteiger partial charge in [0.25, 0.3) is 0 Å². The summed E-state index contributed by atoms with van der Waals surface area (Å²) in [4.78, 5) is 11.1. The molecule has 1 N–H and O–H groups in total. The molecule has 2 atom stereocenters. The van der Waals surface area contributed by atoms with Gasteiger partial charge in [-0.25, -0.2) is 0 Å². The highest BCUT2D eigenvalue weighted by atomic mass is 16.5. The lowest BCUT2D eigenvalue weighted by Crippen LogP contribution is -2.27. The lowest BCUT2D eigenvalue weighted by molar-refractivity contribution is -0.150. The zero-order valence-electron chi connectivity index (χ0n) is 8.15. The fourth-order valence-electron chi connectivity index (χ4n) is 0.696. The zero-order chi connectivity index (χ0) is 10.4. The van der Waals surface area contributed by atoms with Gasteiger partial charge in [0.2, 0.25) is 0 Å². The molecule has 0 saturated heterocycles. The number of hydrogen-bond acceptors (Lipinski definition) is 4. The third kappa shape index (κ3) is 4.48. The van der Waals surface area contributed by atoms with Crippen LogP contribution in [0.5, 0.6) is 0 Å². The van der Waals surface area contributed by atoms with Gasteiger partial charge in [-0.2, -0.15) is 5.26 Å². The first-order valence-corrected chi connectivity index (χ1v) is 4.23. The van der Waals surface area contributed by atoms with Crippen LogP contribution < -0.4 is 0 Å². The molecule has 0 aromatic heterocycles. The monoisotopic (exact) mass is 185 g/mol. The molecular weight excluding hydrogens is 170 g/mol. The maximum Gasteiger partial charge on any atom is 0.326 e. The summed E-state index contributed by atoms with van der Waals surface area (Å²) >= 11 is 0. The van der Waals surface area contributed by atoms with Crippen molar-refractivity contribution < 1.29 is 14.6 Å². The molecular formula is C9H15NO3. The Hall–Kier alpha value is -1.08. The number of rotatable bonds is 4. The molecule has 0 radical (unpaired) electrons. The van der Waals surface area contributed by atoms with Crippen LogP contribution in [-0.4, -0.2) is 23.8 Å². The summed E-state index contributed by atoms with van der Waals surface area (Å²) in [6.07, 6.45) is -0.982. The molecule has 4 heteroatoms. The van der Waals surface area contributed by atoms with Crippen LogP contribution in [0.2, 0.25) is 0 Å². The highest BCUT2D eigenvalue weighted by Gasteiger charge is 2.24. The van der Waals surface area contributed by atoms with Crippen LogP contribution in [0.1, 0.15) is 20.8 Å². The molecule has 0 aliphatic heterocycles. The second-order valence-corrected chi connectivity index (χ2v) is 3.37. The van der Waals surface area contributed by atoms with Crippen molar-refractivity contribution in [2.45, 2.75) is 26.9 Å². The highest BCUT2D eigenvalue weighted by Crippen LogP contribution is 2.05. The molecule has 0 aromatic carbocycles. The van der Waals surface area contributed by atoms with E-state index in [0.29, 0.717) is 0 Å². The Bertz CT molecular complexity index is 205. The zero-order valence-corrected chi connectivity index (χ0v) is 8.15. The van der Waals surface area contributed by atoms with E-state index in [2.05, 4.69) is 0 Å². The summed E-state index contributed by atoms with van der Waals surface area (Å²) in [6.45, 7) is 5.47. The van der Waals surface area contributed by atoms with Crippen molar-refractivity contribution in [2.75, 3.05) is 6.61 Å². The Labute approximate surface area is 78.1 Å². The summed E-state index contributed by atoms with van der Waals surface area (Å²) in [5.41, 5.74) is 0. The third-order valence-corrected chi connectivity index (χ3v) is 1.43. The standard InChI is InChI=1S/C9H15NO3/c1-6(2)5-13-9(12)8(4-10)7(3)11/h6-8,11H,5H2,1-3H3. The second-order valence-electron chi connectivity index (χ2n) is 3.37. The molecule has 0 aliphatic carbocycles. The number of carbonyl (C=O) groups excluding carboxylic acids is 1. The molecule has 0 spiro atoms. The second kappa shape index (κ2) is 5.55. The molecule has 0 rings (SSSR count). The SMILES string of the molecule is CC(C)COC(=O)C(C#N)C(C)O. The smallest absolute Gasteiger partial charge is 0.326 e. The number of aliphatic hydroxyl groups is 1. The van der Waals surface area contributed by atoms with Gasteiger partial charge in [-0.15, -0.1) is 0 Å². The van der Waals surface area contributed by atoms with Crippen molar-refractivity contribution in [1.82, 2.24) is 0 Å². The summed E-state index contributed by atoms with van der Waals surface area (Å²) in [6, 6.07) is 1.70. The average molecular weight is 185 g/mol. The molecule has 0 aromatic rings. The highest BCUT2D eigenvalue weighted by molar-refractivity contribution is 5.75. The molecule has 0 bridgehead atoms. The van der Waals surface area contributed by atoms with Crippen LogP contribution in [0.25, 0.3) is 0 Å². The lowest BCUT2D eigenvalue weighted by Gasteiger charge is -2.12. The lowest BCUT2D eigenvalue weighted by atomic mass is 10.1. The Balaban J connectivity index is 4.02. The first-order chi connectivity index (χ1) is 5.99. The van der Waals surface area contributed by atoms with Crippen molar-refractivity contribution in [3.63, 3.8) is 0 Å². The van der Waals surface area contributed by atoms with Gasteiger partial charge in [0, 0.05) is 0 Å². The summed E-state index contributed by atoms with van der Waals surface area (Å²) in [5, 5.41) is 17.5. The average Bonchev–Trinajstić information content (AvgIpc) is 2.01. The van der Waals surface area contributed by atoms with Crippen molar-refractivity contribution in [3.8, 4) is 6.07 Å². The van der Waals surface area contributed by atoms with Crippen molar-refractivity contribution >= 4 is 5.97 Å². The minimum Gasteiger partial charge on any atom is -0.464 e. The minimum absolute atomic E-state index is 0.234. The number of nitrogens with zero attached hydrogens (tertiary/aromatic N) is 1. The number of carbonyl (C=O) groups is 1. The van der Waals surface area contributed by atoms with E-state index in [0.717, 1.165) is 0 Å². The number of nitriles is 1. The first kappa shape index (κ1) is 11.9. The van der Waals surface area contributed by atoms with Crippen LogP contribution in [-0.2, 0) is 9.53 Å². The summed E-state index contributed by atoms with van der Waals surface area (Å²) in [7, 11) is 0. The number of hydrogen-bond donors (Lipinski definition) is 1. The van der Waals surface area contributed by atoms with Crippen LogP contribution in [0.3, 0.4) is 0 Å². The van der Waals surface area contributed by atoms with E-state index in [9.17, 15) is 4.79 Å². The Morgan fingerprint density at radius 1 is 1.54 bits per heavy atom. The van der Waals surface area contributed by atoms with E-state index in [1.54, 1.807) is 6.07 Å². The quantitative estimate of drug-likeness (QED) is 0.655. The summed E-state index contributed by atoms with van der Waals surface area (Å²) < 4.78 is 4.80. The molecule has 0 aliphatic rings. The van der Waals surface area contributed by atoms with Gasteiger partial charge in [-0.3, -0.25) is 4.79 Å². The molecule has 2 unspecified atom stereocenters. The van der Waals surface area contributed by atoms with E-state index in [1.165, 1.54) is 6.92 Å². The predicted molar refractivity (Wildman–Crippen MR) is 46.6 cm³/mol. The Morgan fingerprint density at radius 3 is 2.38 bits per heavy atom. The fourth-order valence-corrected chi connectivity index (χ4v) is 0.696. The van der Waals surface area contributed by atoms with Crippen LogP contribution in [0.15, 0.2) is 0 Å². The largest absolute Gasteiger partial charge is 0.464 e. The third-order valence-electron chi connectivity index (χ3n) is 1.43. The van der Waals surface area contributed by atoms with Gasteiger partial charge < -0.3 is 9.84 Å². The van der Waals surface area contributed by atoms with E-state index >= 15 is 0 Å². The molecule has 13 heavy (non-hydrogen) atoms. The Kier molecular flexibility index (Phi) is 5.09. The Morgan fingerprint density at radius 2 is 2.08 bits per heavy atom. The van der Waals surface area contributed by atoms with Gasteiger partial charge in [0.15, 0.2) is 5.92 Å². The fraction of sp³-hybridized carbons (Fsp3) is 0.778. The maximum atomic E-state index is 11.1. The van der Waals surface area contributed by atoms with Crippen LogP contribution in [0, 0.1) is 23.2 Å². The summed E-state index contributed by atoms with van der Waals surface area (Å²) in [5.74, 6) is -1.48. The molecule has 0 fully saturated rings. The topological polar surface area (TPSA) is 70.3 Å². The number of aliphatic hydroxyl groups excluding tert-OH is 1. The predicted octanol–water partition coefficient (Wildman–Crippen LogP) is 0.706. The molecule has 0 heterocycles. The van der Waals surface area contributed by atoms with E-state index < -0.39 is 18.0 Å². The molecule has 0 saturated carbocycles. The van der Waals surface area contributed by atoms with Crippen LogP contribution >= 0.6 is 0 Å². The van der Waals surface area contributed by atoms with Crippen molar-refractivity contribution in [3.05, 3.63) is 0 Å². The number of esters is 1.